The van der Waals surface area contributed by atoms with E-state index in [2.05, 4.69) is 0 Å². The van der Waals surface area contributed by atoms with Gasteiger partial charge in [0.25, 0.3) is 0 Å². The van der Waals surface area contributed by atoms with Crippen molar-refractivity contribution in [3.05, 3.63) is 149 Å². The van der Waals surface area contributed by atoms with Crippen molar-refractivity contribution in [2.24, 2.45) is 0 Å². The topological polar surface area (TPSA) is 48.0 Å². The fraction of sp³-hybridized carbons (Fsp3) is 0.310. The number of ether oxygens (including phenoxy) is 3. The molecule has 4 aromatic carbocycles. The lowest BCUT2D eigenvalue weighted by atomic mass is 9.75. The van der Waals surface area contributed by atoms with E-state index in [1.165, 1.54) is 53.4 Å². The van der Waals surface area contributed by atoms with Gasteiger partial charge in [-0.2, -0.15) is 26.3 Å². The van der Waals surface area contributed by atoms with Gasteiger partial charge < -0.3 is 14.2 Å². The van der Waals surface area contributed by atoms with E-state index in [1.54, 1.807) is 20.8 Å². The minimum Gasteiger partial charge on any atom is -0.480 e. The second-order valence-electron chi connectivity index (χ2n) is 15.6. The molecule has 0 radical (unpaired) electrons. The van der Waals surface area contributed by atoms with Crippen LogP contribution in [0.4, 0.5) is 35.5 Å². The zero-order valence-corrected chi connectivity index (χ0v) is 35.8. The molecule has 1 amide bonds. The molecule has 0 saturated carbocycles. The van der Waals surface area contributed by atoms with Crippen molar-refractivity contribution in [3.8, 4) is 0 Å². The lowest BCUT2D eigenvalue weighted by molar-refractivity contribution is -0.261. The van der Waals surface area contributed by atoms with Crippen molar-refractivity contribution in [3.63, 3.8) is 0 Å². The smallest absolute Gasteiger partial charge is 0.432 e. The van der Waals surface area contributed by atoms with Gasteiger partial charge in [-0.15, -0.1) is 0 Å². The molecule has 60 heavy (non-hydrogen) atoms. The maximum atomic E-state index is 17.4. The van der Waals surface area contributed by atoms with E-state index in [9.17, 15) is 31.1 Å². The summed E-state index contributed by atoms with van der Waals surface area (Å²) in [4.78, 5) is 14.6. The molecule has 7 rings (SSSR count). The summed E-state index contributed by atoms with van der Waals surface area (Å²) in [5, 5.41) is -0.998. The number of halogens is 13. The molecule has 4 aromatic rings. The molecule has 318 valence electrons. The summed E-state index contributed by atoms with van der Waals surface area (Å²) in [6.07, 6.45) is -10.0. The maximum Gasteiger partial charge on any atom is 0.432 e. The van der Waals surface area contributed by atoms with Gasteiger partial charge in [0, 0.05) is 24.0 Å². The van der Waals surface area contributed by atoms with Crippen LogP contribution in [0.5, 0.6) is 0 Å². The molecule has 4 atom stereocenters. The summed E-state index contributed by atoms with van der Waals surface area (Å²) in [5.41, 5.74) is -8.29. The molecule has 5 nitrogen and oxygen atoms in total. The number of carbonyl (C=O) groups is 1. The predicted molar refractivity (Wildman–Crippen MR) is 217 cm³/mol. The molecule has 3 aliphatic rings. The van der Waals surface area contributed by atoms with Crippen LogP contribution in [0.1, 0.15) is 73.0 Å². The van der Waals surface area contributed by atoms with Crippen LogP contribution in [-0.2, 0) is 31.1 Å². The molecular weight excluding hydrogens is 928 g/mol. The Hall–Kier alpha value is -3.52. The molecule has 3 aliphatic heterocycles. The van der Waals surface area contributed by atoms with Gasteiger partial charge in [-0.1, -0.05) is 118 Å². The van der Waals surface area contributed by atoms with Gasteiger partial charge in [0.2, 0.25) is 11.2 Å². The average molecular weight is 958 g/mol. The molecule has 3 heterocycles. The summed E-state index contributed by atoms with van der Waals surface area (Å²) >= 11 is 36.3. The molecular formula is C42H30Cl6F7NO4. The highest BCUT2D eigenvalue weighted by Crippen LogP contribution is 2.57. The molecule has 0 aliphatic carbocycles. The second-order valence-corrected chi connectivity index (χ2v) is 18.0. The Morgan fingerprint density at radius 2 is 1.03 bits per heavy atom. The Balaban J connectivity index is 1.17. The maximum absolute atomic E-state index is 17.4. The number of alkyl halides is 7. The van der Waals surface area contributed by atoms with Gasteiger partial charge in [0.1, 0.15) is 11.6 Å². The second kappa shape index (κ2) is 15.4. The van der Waals surface area contributed by atoms with Crippen molar-refractivity contribution in [2.75, 3.05) is 6.54 Å². The van der Waals surface area contributed by atoms with Gasteiger partial charge in [0.15, 0.2) is 5.67 Å². The van der Waals surface area contributed by atoms with Crippen molar-refractivity contribution in [2.45, 2.75) is 74.5 Å². The molecule has 18 heteroatoms. The highest BCUT2D eigenvalue weighted by Gasteiger charge is 2.63. The van der Waals surface area contributed by atoms with Crippen LogP contribution in [0.25, 0.3) is 11.1 Å². The van der Waals surface area contributed by atoms with Crippen LogP contribution in [0.15, 0.2) is 85.3 Å². The van der Waals surface area contributed by atoms with Gasteiger partial charge in [-0.05, 0) is 78.4 Å². The third kappa shape index (κ3) is 7.68. The standard InChI is InChI=1S/C42H30Cl6F7NO4/c1-37(2,3)60-36(57)56-20-38(49,26-10-8-22(9-11-26)25-17-40(59-19-25,42(53,54)55)28-14-31(45)34(48)32(46)15-28)35(56)23-6-4-21(5-7-23)24-16-39(58-18-24,41(50,51)52)27-12-29(43)33(47)30(44)13-27/h4-15,18-19,35H,16-17,20H2,1-3H3. The molecule has 0 bridgehead atoms. The SMILES string of the molecule is CC(C)(C)OC(=O)N1CC(F)(c2ccc(C3=COC(c4cc(Cl)c(Cl)c(Cl)c4)(C(F)(F)F)C3)cc2)C1c1ccc(C2=COC(c3cc(Cl)c(Cl)c(Cl)c3)(C(F)(F)F)C2)cc1. The Labute approximate surface area is 369 Å². The lowest BCUT2D eigenvalue weighted by Crippen LogP contribution is -2.61. The Morgan fingerprint density at radius 1 is 0.650 bits per heavy atom. The summed E-state index contributed by atoms with van der Waals surface area (Å²) in [7, 11) is 0. The highest BCUT2D eigenvalue weighted by atomic mass is 35.5. The van der Waals surface area contributed by atoms with E-state index in [0.717, 1.165) is 36.8 Å². The third-order valence-electron chi connectivity index (χ3n) is 10.6. The van der Waals surface area contributed by atoms with E-state index < -0.39 is 66.3 Å². The fourth-order valence-corrected chi connectivity index (χ4v) is 8.74. The van der Waals surface area contributed by atoms with Crippen molar-refractivity contribution in [1.82, 2.24) is 4.90 Å². The zero-order valence-electron chi connectivity index (χ0n) is 31.3. The van der Waals surface area contributed by atoms with Gasteiger partial charge >= 0.3 is 18.4 Å². The van der Waals surface area contributed by atoms with Gasteiger partial charge in [-0.3, -0.25) is 4.90 Å². The number of likely N-dealkylation sites (tertiary alicyclic amines) is 1. The first kappa shape index (κ1) is 44.5. The molecule has 1 fully saturated rings. The minimum absolute atomic E-state index is 0.0974. The molecule has 0 aromatic heterocycles. The molecule has 0 N–H and O–H groups in total. The van der Waals surface area contributed by atoms with Crippen LogP contribution < -0.4 is 0 Å². The zero-order chi connectivity index (χ0) is 44.0. The predicted octanol–water partition coefficient (Wildman–Crippen LogP) is 15.2. The largest absolute Gasteiger partial charge is 0.480 e. The van der Waals surface area contributed by atoms with Crippen LogP contribution in [0.2, 0.25) is 30.1 Å². The van der Waals surface area contributed by atoms with E-state index in [1.807, 2.05) is 0 Å². The first-order valence-electron chi connectivity index (χ1n) is 17.9. The Morgan fingerprint density at radius 3 is 1.40 bits per heavy atom. The van der Waals surface area contributed by atoms with Crippen molar-refractivity contribution >= 4 is 86.8 Å². The summed E-state index contributed by atoms with van der Waals surface area (Å²) < 4.78 is 122. The quantitative estimate of drug-likeness (QED) is 0.143. The average Bonchev–Trinajstić information content (AvgIpc) is 3.82. The number of rotatable bonds is 6. The first-order chi connectivity index (χ1) is 27.8. The van der Waals surface area contributed by atoms with Gasteiger partial charge in [-0.25, -0.2) is 9.18 Å². The monoisotopic (exact) mass is 955 g/mol. The van der Waals surface area contributed by atoms with Crippen molar-refractivity contribution < 1.29 is 49.7 Å². The van der Waals surface area contributed by atoms with Crippen LogP contribution in [-0.4, -0.2) is 35.5 Å². The summed E-state index contributed by atoms with van der Waals surface area (Å²) in [5.74, 6) is 0. The van der Waals surface area contributed by atoms with Gasteiger partial charge in [0.05, 0.1) is 49.2 Å². The van der Waals surface area contributed by atoms with Crippen LogP contribution >= 0.6 is 69.6 Å². The van der Waals surface area contributed by atoms with Crippen LogP contribution in [0.3, 0.4) is 0 Å². The lowest BCUT2D eigenvalue weighted by Gasteiger charge is -2.52. The number of hydrogen-bond donors (Lipinski definition) is 0. The Kier molecular flexibility index (Phi) is 11.4. The number of hydrogen-bond acceptors (Lipinski definition) is 4. The highest BCUT2D eigenvalue weighted by molar-refractivity contribution is 6.48. The Bertz CT molecular complexity index is 2390. The summed E-state index contributed by atoms with van der Waals surface area (Å²) in [6.45, 7) is 4.48. The van der Waals surface area contributed by atoms with Crippen LogP contribution in [0, 0.1) is 0 Å². The normalized spacial score (nSPS) is 24.3. The molecule has 4 unspecified atom stereocenters. The molecule has 0 spiro atoms. The van der Waals surface area contributed by atoms with Crippen molar-refractivity contribution in [1.29, 1.82) is 0 Å². The first-order valence-corrected chi connectivity index (χ1v) is 20.1. The van der Waals surface area contributed by atoms with E-state index >= 15 is 4.39 Å². The number of nitrogens with zero attached hydrogens (tertiary/aromatic N) is 1. The third-order valence-corrected chi connectivity index (χ3v) is 13.0. The van der Waals surface area contributed by atoms with E-state index in [4.69, 9.17) is 83.8 Å². The minimum atomic E-state index is -4.92. The number of benzene rings is 4. The van der Waals surface area contributed by atoms with E-state index in [-0.39, 0.29) is 63.5 Å². The fourth-order valence-electron chi connectivity index (χ4n) is 7.55. The summed E-state index contributed by atoms with van der Waals surface area (Å²) in [6, 6.07) is 14.5. The van der Waals surface area contributed by atoms with E-state index in [0.29, 0.717) is 11.1 Å². The number of carbonyl (C=O) groups excluding carboxylic acids is 1. The number of amides is 1. The molecule has 1 saturated heterocycles.